The van der Waals surface area contributed by atoms with Crippen LogP contribution in [0.2, 0.25) is 0 Å². The van der Waals surface area contributed by atoms with Crippen LogP contribution in [-0.2, 0) is 0 Å². The molecule has 3 N–H and O–H groups in total. The second kappa shape index (κ2) is 4.47. The van der Waals surface area contributed by atoms with Crippen molar-refractivity contribution in [2.45, 2.75) is 32.2 Å². The molecular weight excluding hydrogens is 204 g/mol. The summed E-state index contributed by atoms with van der Waals surface area (Å²) in [4.78, 5) is 19.6. The van der Waals surface area contributed by atoms with Crippen molar-refractivity contribution in [3.8, 4) is 0 Å². The van der Waals surface area contributed by atoms with Gasteiger partial charge in [-0.15, -0.1) is 0 Å². The van der Waals surface area contributed by atoms with Crippen molar-refractivity contribution in [1.29, 1.82) is 0 Å². The van der Waals surface area contributed by atoms with E-state index >= 15 is 0 Å². The topological polar surface area (TPSA) is 80.9 Å². The van der Waals surface area contributed by atoms with Gasteiger partial charge in [-0.1, -0.05) is 6.42 Å². The summed E-state index contributed by atoms with van der Waals surface area (Å²) < 4.78 is 0. The molecule has 1 amide bonds. The van der Waals surface area contributed by atoms with E-state index in [0.29, 0.717) is 5.92 Å². The molecule has 16 heavy (non-hydrogen) atoms. The molecule has 1 unspecified atom stereocenters. The quantitative estimate of drug-likeness (QED) is 0.795. The molecule has 0 aliphatic heterocycles. The minimum atomic E-state index is -0.195. The molecule has 1 heterocycles. The first-order chi connectivity index (χ1) is 7.66. The Hall–Kier alpha value is -1.65. The SMILES string of the molecule is CC(NC(=O)c1cncc(N)n1)C1CCC1. The fourth-order valence-electron chi connectivity index (χ4n) is 1.83. The van der Waals surface area contributed by atoms with Crippen molar-refractivity contribution in [2.75, 3.05) is 5.73 Å². The Morgan fingerprint density at radius 1 is 1.56 bits per heavy atom. The van der Waals surface area contributed by atoms with E-state index in [0.717, 1.165) is 0 Å². The highest BCUT2D eigenvalue weighted by atomic mass is 16.1. The van der Waals surface area contributed by atoms with Crippen molar-refractivity contribution >= 4 is 11.7 Å². The lowest BCUT2D eigenvalue weighted by molar-refractivity contribution is 0.0904. The number of hydrogen-bond acceptors (Lipinski definition) is 4. The number of nitrogens with zero attached hydrogens (tertiary/aromatic N) is 2. The van der Waals surface area contributed by atoms with Crippen LogP contribution in [-0.4, -0.2) is 21.9 Å². The molecule has 0 aromatic carbocycles. The summed E-state index contributed by atoms with van der Waals surface area (Å²) in [5, 5.41) is 2.93. The monoisotopic (exact) mass is 220 g/mol. The van der Waals surface area contributed by atoms with E-state index in [1.54, 1.807) is 0 Å². The van der Waals surface area contributed by atoms with Crippen molar-refractivity contribution < 1.29 is 4.79 Å². The summed E-state index contributed by atoms with van der Waals surface area (Å²) in [5.41, 5.74) is 5.75. The maximum Gasteiger partial charge on any atom is 0.271 e. The van der Waals surface area contributed by atoms with Gasteiger partial charge in [0.1, 0.15) is 11.5 Å². The Morgan fingerprint density at radius 2 is 2.31 bits per heavy atom. The Kier molecular flexibility index (Phi) is 3.03. The minimum Gasteiger partial charge on any atom is -0.382 e. The zero-order valence-corrected chi connectivity index (χ0v) is 9.31. The molecule has 1 aromatic heterocycles. The molecule has 5 nitrogen and oxygen atoms in total. The Morgan fingerprint density at radius 3 is 2.88 bits per heavy atom. The molecular formula is C11H16N4O. The highest BCUT2D eigenvalue weighted by Gasteiger charge is 2.25. The third kappa shape index (κ3) is 2.29. The molecule has 1 saturated carbocycles. The fraction of sp³-hybridized carbons (Fsp3) is 0.545. The first-order valence-electron chi connectivity index (χ1n) is 5.55. The Bertz CT molecular complexity index is 389. The third-order valence-electron chi connectivity index (χ3n) is 3.10. The van der Waals surface area contributed by atoms with Crippen LogP contribution in [0.5, 0.6) is 0 Å². The first-order valence-corrected chi connectivity index (χ1v) is 5.55. The second-order valence-electron chi connectivity index (χ2n) is 4.28. The molecule has 0 spiro atoms. The molecule has 1 aliphatic rings. The minimum absolute atomic E-state index is 0.195. The van der Waals surface area contributed by atoms with E-state index < -0.39 is 0 Å². The van der Waals surface area contributed by atoms with Crippen molar-refractivity contribution in [3.63, 3.8) is 0 Å². The number of nitrogens with one attached hydrogen (secondary N) is 1. The summed E-state index contributed by atoms with van der Waals surface area (Å²) >= 11 is 0. The first kappa shape index (κ1) is 10.9. The number of carbonyl (C=O) groups is 1. The molecule has 1 atom stereocenters. The van der Waals surface area contributed by atoms with E-state index in [9.17, 15) is 4.79 Å². The molecule has 1 aliphatic carbocycles. The van der Waals surface area contributed by atoms with Crippen molar-refractivity contribution in [1.82, 2.24) is 15.3 Å². The highest BCUT2D eigenvalue weighted by molar-refractivity contribution is 5.92. The van der Waals surface area contributed by atoms with Gasteiger partial charge in [-0.3, -0.25) is 9.78 Å². The maximum atomic E-state index is 11.8. The van der Waals surface area contributed by atoms with Gasteiger partial charge in [0.2, 0.25) is 0 Å². The third-order valence-corrected chi connectivity index (χ3v) is 3.10. The van der Waals surface area contributed by atoms with E-state index in [-0.39, 0.29) is 23.5 Å². The summed E-state index contributed by atoms with van der Waals surface area (Å²) in [7, 11) is 0. The number of amides is 1. The Labute approximate surface area is 94.5 Å². The normalized spacial score (nSPS) is 17.6. The molecule has 0 bridgehead atoms. The largest absolute Gasteiger partial charge is 0.382 e. The fourth-order valence-corrected chi connectivity index (χ4v) is 1.83. The summed E-state index contributed by atoms with van der Waals surface area (Å²) in [5.74, 6) is 0.682. The van der Waals surface area contributed by atoms with Gasteiger partial charge in [0.25, 0.3) is 5.91 Å². The van der Waals surface area contributed by atoms with E-state index in [4.69, 9.17) is 5.73 Å². The standard InChI is InChI=1S/C11H16N4O/c1-7(8-3-2-4-8)14-11(16)9-5-13-6-10(12)15-9/h5-8H,2-4H2,1H3,(H2,12,15)(H,14,16). The molecule has 2 rings (SSSR count). The van der Waals surface area contributed by atoms with Crippen LogP contribution >= 0.6 is 0 Å². The van der Waals surface area contributed by atoms with Crippen LogP contribution in [0.1, 0.15) is 36.7 Å². The lowest BCUT2D eigenvalue weighted by Gasteiger charge is -2.31. The maximum absolute atomic E-state index is 11.8. The Balaban J connectivity index is 1.96. The van der Waals surface area contributed by atoms with Crippen LogP contribution in [0.25, 0.3) is 0 Å². The number of rotatable bonds is 3. The van der Waals surface area contributed by atoms with Crippen LogP contribution in [0.15, 0.2) is 12.4 Å². The van der Waals surface area contributed by atoms with E-state index in [1.807, 2.05) is 6.92 Å². The van der Waals surface area contributed by atoms with Crippen LogP contribution < -0.4 is 11.1 Å². The summed E-state index contributed by atoms with van der Waals surface area (Å²) in [6.45, 7) is 2.03. The lowest BCUT2D eigenvalue weighted by atomic mass is 9.80. The van der Waals surface area contributed by atoms with Crippen molar-refractivity contribution in [3.05, 3.63) is 18.1 Å². The molecule has 86 valence electrons. The van der Waals surface area contributed by atoms with E-state index in [2.05, 4.69) is 15.3 Å². The zero-order valence-electron chi connectivity index (χ0n) is 9.31. The van der Waals surface area contributed by atoms with Crippen molar-refractivity contribution in [2.24, 2.45) is 5.92 Å². The number of aromatic nitrogens is 2. The number of nitrogen functional groups attached to an aromatic ring is 1. The molecule has 0 radical (unpaired) electrons. The number of nitrogens with two attached hydrogens (primary N) is 1. The van der Waals surface area contributed by atoms with Crippen LogP contribution in [0.4, 0.5) is 5.82 Å². The lowest BCUT2D eigenvalue weighted by Crippen LogP contribution is -2.41. The smallest absolute Gasteiger partial charge is 0.271 e. The summed E-state index contributed by atoms with van der Waals surface area (Å²) in [6.07, 6.45) is 6.52. The number of carbonyl (C=O) groups excluding carboxylic acids is 1. The molecule has 0 saturated heterocycles. The van der Waals surface area contributed by atoms with Gasteiger partial charge in [-0.25, -0.2) is 4.98 Å². The molecule has 1 aromatic rings. The van der Waals surface area contributed by atoms with Gasteiger partial charge >= 0.3 is 0 Å². The van der Waals surface area contributed by atoms with E-state index in [1.165, 1.54) is 31.7 Å². The molecule has 5 heteroatoms. The zero-order chi connectivity index (χ0) is 11.5. The predicted molar refractivity (Wildman–Crippen MR) is 60.7 cm³/mol. The van der Waals surface area contributed by atoms with Gasteiger partial charge in [0.05, 0.1) is 12.4 Å². The van der Waals surface area contributed by atoms with Gasteiger partial charge in [-0.05, 0) is 25.7 Å². The second-order valence-corrected chi connectivity index (χ2v) is 4.28. The number of hydrogen-bond donors (Lipinski definition) is 2. The van der Waals surface area contributed by atoms with Gasteiger partial charge < -0.3 is 11.1 Å². The van der Waals surface area contributed by atoms with Gasteiger partial charge in [0.15, 0.2) is 0 Å². The average Bonchev–Trinajstić information content (AvgIpc) is 2.14. The van der Waals surface area contributed by atoms with Crippen LogP contribution in [0, 0.1) is 5.92 Å². The summed E-state index contributed by atoms with van der Waals surface area (Å²) in [6, 6.07) is 0.199. The molecule has 1 fully saturated rings. The average molecular weight is 220 g/mol. The highest BCUT2D eigenvalue weighted by Crippen LogP contribution is 2.29. The predicted octanol–water partition coefficient (Wildman–Crippen LogP) is 0.977. The number of anilines is 1. The van der Waals surface area contributed by atoms with Gasteiger partial charge in [-0.2, -0.15) is 0 Å². The van der Waals surface area contributed by atoms with Gasteiger partial charge in [0, 0.05) is 6.04 Å². The van der Waals surface area contributed by atoms with Crippen LogP contribution in [0.3, 0.4) is 0 Å².